The molecule has 2 aromatic carbocycles. The molecular weight excluding hydrogens is 290 g/mol. The highest BCUT2D eigenvalue weighted by atomic mass is 79.9. The van der Waals surface area contributed by atoms with Gasteiger partial charge in [-0.1, -0.05) is 24.3 Å². The molecular formula is C15H16BrNO. The minimum atomic E-state index is 0.715. The Morgan fingerprint density at radius 3 is 2.44 bits per heavy atom. The summed E-state index contributed by atoms with van der Waals surface area (Å²) < 4.78 is 6.71. The van der Waals surface area contributed by atoms with Crippen LogP contribution in [0.2, 0.25) is 0 Å². The second-order valence-electron chi connectivity index (χ2n) is 4.12. The molecule has 0 radical (unpaired) electrons. The van der Waals surface area contributed by atoms with E-state index in [9.17, 15) is 0 Å². The molecule has 3 heteroatoms. The lowest BCUT2D eigenvalue weighted by Gasteiger charge is -2.07. The Bertz CT molecular complexity index is 496. The summed E-state index contributed by atoms with van der Waals surface area (Å²) in [5, 5.41) is 0. The van der Waals surface area contributed by atoms with Gasteiger partial charge in [0, 0.05) is 5.69 Å². The van der Waals surface area contributed by atoms with Crippen molar-refractivity contribution in [2.45, 2.75) is 12.8 Å². The number of nitrogen functional groups attached to an aromatic ring is 1. The summed E-state index contributed by atoms with van der Waals surface area (Å²) in [4.78, 5) is 0. The van der Waals surface area contributed by atoms with Gasteiger partial charge in [0.1, 0.15) is 5.75 Å². The molecule has 2 nitrogen and oxygen atoms in total. The Morgan fingerprint density at radius 1 is 1.00 bits per heavy atom. The number of aryl methyl sites for hydroxylation is 1. The normalized spacial score (nSPS) is 10.3. The minimum absolute atomic E-state index is 0.715. The number of benzene rings is 2. The van der Waals surface area contributed by atoms with E-state index in [1.807, 2.05) is 36.4 Å². The number of hydrogen-bond acceptors (Lipinski definition) is 2. The largest absolute Gasteiger partial charge is 0.492 e. The Hall–Kier alpha value is -1.48. The molecule has 0 aliphatic heterocycles. The quantitative estimate of drug-likeness (QED) is 0.668. The summed E-state index contributed by atoms with van der Waals surface area (Å²) in [6.45, 7) is 0.715. The molecule has 0 bridgehead atoms. The molecule has 2 aromatic rings. The van der Waals surface area contributed by atoms with Crippen LogP contribution in [0.5, 0.6) is 5.75 Å². The van der Waals surface area contributed by atoms with E-state index >= 15 is 0 Å². The molecule has 0 amide bonds. The average Bonchev–Trinajstić information content (AvgIpc) is 2.39. The molecule has 0 atom stereocenters. The van der Waals surface area contributed by atoms with Crippen molar-refractivity contribution >= 4 is 21.6 Å². The predicted octanol–water partition coefficient (Wildman–Crippen LogP) is 4.04. The number of hydrogen-bond donors (Lipinski definition) is 1. The Kier molecular flexibility index (Phi) is 4.65. The molecule has 2 rings (SSSR count). The third-order valence-corrected chi connectivity index (χ3v) is 3.34. The third-order valence-electron chi connectivity index (χ3n) is 2.68. The SMILES string of the molecule is Nc1ccc(CCCOc2ccccc2Br)cc1. The maximum atomic E-state index is 5.71. The van der Waals surface area contributed by atoms with Crippen molar-refractivity contribution in [3.8, 4) is 5.75 Å². The van der Waals surface area contributed by atoms with Gasteiger partial charge in [-0.2, -0.15) is 0 Å². The fourth-order valence-corrected chi connectivity index (χ4v) is 2.10. The molecule has 0 heterocycles. The Labute approximate surface area is 116 Å². The van der Waals surface area contributed by atoms with Crippen LogP contribution in [0.1, 0.15) is 12.0 Å². The Balaban J connectivity index is 1.76. The molecule has 0 spiro atoms. The number of nitrogens with two attached hydrogens (primary N) is 1. The third kappa shape index (κ3) is 3.77. The van der Waals surface area contributed by atoms with E-state index in [-0.39, 0.29) is 0 Å². The minimum Gasteiger partial charge on any atom is -0.492 e. The lowest BCUT2D eigenvalue weighted by Crippen LogP contribution is -2.00. The standard InChI is InChI=1S/C15H16BrNO/c16-14-5-1-2-6-15(14)18-11-3-4-12-7-9-13(17)10-8-12/h1-2,5-10H,3-4,11,17H2. The van der Waals surface area contributed by atoms with Gasteiger partial charge >= 0.3 is 0 Å². The van der Waals surface area contributed by atoms with Crippen molar-refractivity contribution in [1.82, 2.24) is 0 Å². The van der Waals surface area contributed by atoms with Gasteiger partial charge in [0.25, 0.3) is 0 Å². The van der Waals surface area contributed by atoms with Crippen LogP contribution in [-0.4, -0.2) is 6.61 Å². The lowest BCUT2D eigenvalue weighted by molar-refractivity contribution is 0.309. The summed E-state index contributed by atoms with van der Waals surface area (Å²) in [5.41, 5.74) is 7.74. The first-order chi connectivity index (χ1) is 8.75. The van der Waals surface area contributed by atoms with Gasteiger partial charge < -0.3 is 10.5 Å². The van der Waals surface area contributed by atoms with E-state index in [0.717, 1.165) is 28.8 Å². The first-order valence-corrected chi connectivity index (χ1v) is 6.77. The molecule has 0 aliphatic carbocycles. The predicted molar refractivity (Wildman–Crippen MR) is 78.8 cm³/mol. The van der Waals surface area contributed by atoms with E-state index in [2.05, 4.69) is 28.1 Å². The summed E-state index contributed by atoms with van der Waals surface area (Å²) in [6.07, 6.45) is 2.00. The highest BCUT2D eigenvalue weighted by Crippen LogP contribution is 2.23. The van der Waals surface area contributed by atoms with Crippen molar-refractivity contribution in [2.24, 2.45) is 0 Å². The van der Waals surface area contributed by atoms with E-state index in [0.29, 0.717) is 6.61 Å². The highest BCUT2D eigenvalue weighted by Gasteiger charge is 1.99. The average molecular weight is 306 g/mol. The first-order valence-electron chi connectivity index (χ1n) is 5.97. The number of rotatable bonds is 5. The fraction of sp³-hybridized carbons (Fsp3) is 0.200. The summed E-state index contributed by atoms with van der Waals surface area (Å²) in [6, 6.07) is 15.9. The van der Waals surface area contributed by atoms with Gasteiger partial charge in [-0.3, -0.25) is 0 Å². The van der Waals surface area contributed by atoms with Crippen molar-refractivity contribution in [1.29, 1.82) is 0 Å². The van der Waals surface area contributed by atoms with Gasteiger partial charge in [0.2, 0.25) is 0 Å². The van der Waals surface area contributed by atoms with E-state index in [1.54, 1.807) is 0 Å². The van der Waals surface area contributed by atoms with Crippen LogP contribution in [0.15, 0.2) is 53.0 Å². The zero-order valence-corrected chi connectivity index (χ0v) is 11.7. The van der Waals surface area contributed by atoms with Gasteiger partial charge in [0.05, 0.1) is 11.1 Å². The zero-order chi connectivity index (χ0) is 12.8. The van der Waals surface area contributed by atoms with Crippen LogP contribution in [-0.2, 0) is 6.42 Å². The van der Waals surface area contributed by atoms with E-state index in [4.69, 9.17) is 10.5 Å². The molecule has 0 aliphatic rings. The number of para-hydroxylation sites is 1. The van der Waals surface area contributed by atoms with Crippen LogP contribution in [0.25, 0.3) is 0 Å². The molecule has 0 fully saturated rings. The van der Waals surface area contributed by atoms with E-state index in [1.165, 1.54) is 5.56 Å². The lowest BCUT2D eigenvalue weighted by atomic mass is 10.1. The maximum Gasteiger partial charge on any atom is 0.133 e. The second kappa shape index (κ2) is 6.45. The molecule has 2 N–H and O–H groups in total. The smallest absolute Gasteiger partial charge is 0.133 e. The first kappa shape index (κ1) is 13.0. The van der Waals surface area contributed by atoms with Crippen molar-refractivity contribution in [2.75, 3.05) is 12.3 Å². The van der Waals surface area contributed by atoms with Crippen LogP contribution >= 0.6 is 15.9 Å². The fourth-order valence-electron chi connectivity index (χ4n) is 1.70. The summed E-state index contributed by atoms with van der Waals surface area (Å²) >= 11 is 3.46. The Morgan fingerprint density at radius 2 is 1.72 bits per heavy atom. The van der Waals surface area contributed by atoms with Crippen LogP contribution in [0.3, 0.4) is 0 Å². The van der Waals surface area contributed by atoms with Crippen molar-refractivity contribution in [3.63, 3.8) is 0 Å². The molecule has 0 saturated heterocycles. The topological polar surface area (TPSA) is 35.2 Å². The molecule has 0 saturated carbocycles. The van der Waals surface area contributed by atoms with Crippen molar-refractivity contribution < 1.29 is 4.74 Å². The summed E-state index contributed by atoms with van der Waals surface area (Å²) in [5.74, 6) is 0.898. The van der Waals surface area contributed by atoms with Crippen LogP contribution in [0, 0.1) is 0 Å². The number of ether oxygens (including phenoxy) is 1. The molecule has 18 heavy (non-hydrogen) atoms. The number of halogens is 1. The molecule has 94 valence electrons. The maximum absolute atomic E-state index is 5.71. The summed E-state index contributed by atoms with van der Waals surface area (Å²) in [7, 11) is 0. The number of anilines is 1. The van der Waals surface area contributed by atoms with E-state index < -0.39 is 0 Å². The van der Waals surface area contributed by atoms with Crippen molar-refractivity contribution in [3.05, 3.63) is 58.6 Å². The van der Waals surface area contributed by atoms with Crippen LogP contribution < -0.4 is 10.5 Å². The highest BCUT2D eigenvalue weighted by molar-refractivity contribution is 9.10. The van der Waals surface area contributed by atoms with Gasteiger partial charge in [-0.05, 0) is 58.6 Å². The van der Waals surface area contributed by atoms with Gasteiger partial charge in [-0.15, -0.1) is 0 Å². The van der Waals surface area contributed by atoms with Crippen LogP contribution in [0.4, 0.5) is 5.69 Å². The molecule has 0 aromatic heterocycles. The molecule has 0 unspecified atom stereocenters. The van der Waals surface area contributed by atoms with Gasteiger partial charge in [0.15, 0.2) is 0 Å². The monoisotopic (exact) mass is 305 g/mol. The van der Waals surface area contributed by atoms with Gasteiger partial charge in [-0.25, -0.2) is 0 Å². The zero-order valence-electron chi connectivity index (χ0n) is 10.1. The second-order valence-corrected chi connectivity index (χ2v) is 4.98.